The van der Waals surface area contributed by atoms with Gasteiger partial charge in [0.15, 0.2) is 0 Å². The molecule has 0 radical (unpaired) electrons. The van der Waals surface area contributed by atoms with Gasteiger partial charge in [0.1, 0.15) is 12.7 Å². The third-order valence-corrected chi connectivity index (χ3v) is 5.65. The van der Waals surface area contributed by atoms with Gasteiger partial charge in [-0.25, -0.2) is 13.4 Å². The fraction of sp³-hybridized carbons (Fsp3) is 0.429. The van der Waals surface area contributed by atoms with Crippen LogP contribution in [-0.4, -0.2) is 40.6 Å². The van der Waals surface area contributed by atoms with Gasteiger partial charge in [-0.05, 0) is 30.9 Å². The predicted octanol–water partition coefficient (Wildman–Crippen LogP) is 1.38. The van der Waals surface area contributed by atoms with Crippen LogP contribution in [0.3, 0.4) is 0 Å². The van der Waals surface area contributed by atoms with E-state index in [1.54, 1.807) is 39.6 Å². The number of benzene rings is 1. The van der Waals surface area contributed by atoms with Crippen molar-refractivity contribution in [2.45, 2.75) is 24.3 Å². The van der Waals surface area contributed by atoms with Gasteiger partial charge in [0, 0.05) is 19.6 Å². The van der Waals surface area contributed by atoms with Gasteiger partial charge in [-0.2, -0.15) is 9.40 Å². The lowest BCUT2D eigenvalue weighted by Crippen LogP contribution is -2.41. The van der Waals surface area contributed by atoms with Crippen molar-refractivity contribution in [3.05, 3.63) is 43.0 Å². The fourth-order valence-corrected chi connectivity index (χ4v) is 4.30. The first kappa shape index (κ1) is 14.2. The lowest BCUT2D eigenvalue weighted by molar-refractivity contribution is 0.239. The molecule has 1 aromatic carbocycles. The number of sulfonamides is 1. The van der Waals surface area contributed by atoms with Crippen LogP contribution in [0, 0.1) is 5.92 Å². The summed E-state index contributed by atoms with van der Waals surface area (Å²) < 4.78 is 28.6. The highest BCUT2D eigenvalue weighted by atomic mass is 32.2. The second-order valence-electron chi connectivity index (χ2n) is 5.30. The second kappa shape index (κ2) is 5.95. The van der Waals surface area contributed by atoms with Crippen molar-refractivity contribution in [2.24, 2.45) is 5.92 Å². The minimum Gasteiger partial charge on any atom is -0.253 e. The first-order valence-electron chi connectivity index (χ1n) is 7.04. The molecule has 0 N–H and O–H groups in total. The van der Waals surface area contributed by atoms with Crippen LogP contribution in [0.5, 0.6) is 0 Å². The lowest BCUT2D eigenvalue weighted by Gasteiger charge is -2.31. The number of rotatable bonds is 4. The smallest absolute Gasteiger partial charge is 0.243 e. The van der Waals surface area contributed by atoms with Crippen LogP contribution in [0.2, 0.25) is 0 Å². The van der Waals surface area contributed by atoms with E-state index in [2.05, 4.69) is 10.1 Å². The molecule has 0 saturated carbocycles. The Kier molecular flexibility index (Phi) is 4.03. The normalized spacial score (nSPS) is 20.5. The minimum absolute atomic E-state index is 0.277. The molecule has 1 saturated heterocycles. The molecule has 1 aliphatic heterocycles. The molecule has 7 heteroatoms. The average molecular weight is 306 g/mol. The van der Waals surface area contributed by atoms with Crippen molar-refractivity contribution >= 4 is 10.0 Å². The van der Waals surface area contributed by atoms with E-state index in [4.69, 9.17) is 0 Å². The highest BCUT2D eigenvalue weighted by Gasteiger charge is 2.30. The number of aromatic nitrogens is 3. The molecule has 0 spiro atoms. The summed E-state index contributed by atoms with van der Waals surface area (Å²) >= 11 is 0. The third-order valence-electron chi connectivity index (χ3n) is 3.77. The van der Waals surface area contributed by atoms with E-state index in [-0.39, 0.29) is 5.92 Å². The summed E-state index contributed by atoms with van der Waals surface area (Å²) in [4.78, 5) is 4.29. The maximum Gasteiger partial charge on any atom is 0.243 e. The largest absolute Gasteiger partial charge is 0.253 e. The van der Waals surface area contributed by atoms with E-state index in [1.807, 2.05) is 6.07 Å². The molecule has 1 unspecified atom stereocenters. The molecule has 0 amide bonds. The highest BCUT2D eigenvalue weighted by molar-refractivity contribution is 7.89. The van der Waals surface area contributed by atoms with Gasteiger partial charge >= 0.3 is 0 Å². The maximum absolute atomic E-state index is 12.6. The van der Waals surface area contributed by atoms with Gasteiger partial charge in [-0.15, -0.1) is 0 Å². The molecule has 112 valence electrons. The Morgan fingerprint density at radius 2 is 2.05 bits per heavy atom. The molecule has 21 heavy (non-hydrogen) atoms. The van der Waals surface area contributed by atoms with Crippen LogP contribution < -0.4 is 0 Å². The van der Waals surface area contributed by atoms with E-state index in [0.29, 0.717) is 24.5 Å². The summed E-state index contributed by atoms with van der Waals surface area (Å²) in [6.45, 7) is 1.84. The highest BCUT2D eigenvalue weighted by Crippen LogP contribution is 2.24. The first-order chi connectivity index (χ1) is 10.2. The van der Waals surface area contributed by atoms with Crippen molar-refractivity contribution in [2.75, 3.05) is 13.1 Å². The van der Waals surface area contributed by atoms with Crippen LogP contribution in [0.15, 0.2) is 47.9 Å². The third kappa shape index (κ3) is 3.14. The number of nitrogens with zero attached hydrogens (tertiary/aromatic N) is 4. The summed E-state index contributed by atoms with van der Waals surface area (Å²) in [7, 11) is -3.39. The predicted molar refractivity (Wildman–Crippen MR) is 77.9 cm³/mol. The van der Waals surface area contributed by atoms with Crippen LogP contribution in [0.4, 0.5) is 0 Å². The van der Waals surface area contributed by atoms with E-state index in [0.717, 1.165) is 12.8 Å². The standard InChI is InChI=1S/C14H18N4O2S/c19-21(20,14-6-2-1-3-7-14)18-8-4-5-13(10-18)9-17-12-15-11-16-17/h1-3,6-7,11-13H,4-5,8-10H2. The molecule has 2 aromatic rings. The SMILES string of the molecule is O=S(=O)(c1ccccc1)N1CCCC(Cn2cncn2)C1. The Morgan fingerprint density at radius 1 is 1.24 bits per heavy atom. The molecular formula is C14H18N4O2S. The van der Waals surface area contributed by atoms with Crippen molar-refractivity contribution in [3.8, 4) is 0 Å². The maximum atomic E-state index is 12.6. The van der Waals surface area contributed by atoms with Crippen molar-refractivity contribution in [1.29, 1.82) is 0 Å². The number of hydrogen-bond acceptors (Lipinski definition) is 4. The molecule has 6 nitrogen and oxygen atoms in total. The zero-order valence-corrected chi connectivity index (χ0v) is 12.5. The molecule has 0 aliphatic carbocycles. The minimum atomic E-state index is -3.39. The summed E-state index contributed by atoms with van der Waals surface area (Å²) in [5, 5.41) is 4.09. The van der Waals surface area contributed by atoms with Crippen molar-refractivity contribution in [3.63, 3.8) is 0 Å². The van der Waals surface area contributed by atoms with Gasteiger partial charge in [0.2, 0.25) is 10.0 Å². The quantitative estimate of drug-likeness (QED) is 0.856. The van der Waals surface area contributed by atoms with E-state index < -0.39 is 10.0 Å². The second-order valence-corrected chi connectivity index (χ2v) is 7.24. The first-order valence-corrected chi connectivity index (χ1v) is 8.48. The zero-order chi connectivity index (χ0) is 14.7. The molecule has 1 aliphatic rings. The molecule has 3 rings (SSSR count). The van der Waals surface area contributed by atoms with Gasteiger partial charge in [-0.1, -0.05) is 18.2 Å². The Hall–Kier alpha value is -1.73. The lowest BCUT2D eigenvalue weighted by atomic mass is 10.00. The molecule has 2 heterocycles. The number of hydrogen-bond donors (Lipinski definition) is 0. The summed E-state index contributed by atoms with van der Waals surface area (Å²) in [6, 6.07) is 8.63. The van der Waals surface area contributed by atoms with E-state index >= 15 is 0 Å². The summed E-state index contributed by atoms with van der Waals surface area (Å²) in [5.41, 5.74) is 0. The Morgan fingerprint density at radius 3 is 2.76 bits per heavy atom. The van der Waals surface area contributed by atoms with Gasteiger partial charge in [0.25, 0.3) is 0 Å². The van der Waals surface area contributed by atoms with E-state index in [1.165, 1.54) is 6.33 Å². The van der Waals surface area contributed by atoms with Crippen LogP contribution in [0.1, 0.15) is 12.8 Å². The van der Waals surface area contributed by atoms with Crippen molar-refractivity contribution < 1.29 is 8.42 Å². The summed E-state index contributed by atoms with van der Waals surface area (Å²) in [6.07, 6.45) is 5.07. The number of piperidine rings is 1. The topological polar surface area (TPSA) is 68.1 Å². The fourth-order valence-electron chi connectivity index (χ4n) is 2.73. The van der Waals surface area contributed by atoms with Gasteiger partial charge < -0.3 is 0 Å². The Bertz CT molecular complexity index is 670. The van der Waals surface area contributed by atoms with Crippen LogP contribution >= 0.6 is 0 Å². The molecule has 0 bridgehead atoms. The Labute approximate surface area is 124 Å². The van der Waals surface area contributed by atoms with Crippen LogP contribution in [-0.2, 0) is 16.6 Å². The molecule has 1 atom stereocenters. The van der Waals surface area contributed by atoms with Crippen molar-refractivity contribution in [1.82, 2.24) is 19.1 Å². The van der Waals surface area contributed by atoms with Crippen LogP contribution in [0.25, 0.3) is 0 Å². The average Bonchev–Trinajstić information content (AvgIpc) is 3.01. The van der Waals surface area contributed by atoms with E-state index in [9.17, 15) is 8.42 Å². The Balaban J connectivity index is 1.74. The summed E-state index contributed by atoms with van der Waals surface area (Å²) in [5.74, 6) is 0.277. The molecule has 1 aromatic heterocycles. The van der Waals surface area contributed by atoms with Gasteiger partial charge in [-0.3, -0.25) is 4.68 Å². The molecule has 1 fully saturated rings. The zero-order valence-electron chi connectivity index (χ0n) is 11.7. The van der Waals surface area contributed by atoms with Gasteiger partial charge in [0.05, 0.1) is 4.90 Å². The molecular weight excluding hydrogens is 288 g/mol. The monoisotopic (exact) mass is 306 g/mol.